The van der Waals surface area contributed by atoms with Gasteiger partial charge in [0.15, 0.2) is 0 Å². The fourth-order valence-electron chi connectivity index (χ4n) is 2.27. The zero-order valence-corrected chi connectivity index (χ0v) is 10.6. The molecule has 1 aliphatic rings. The summed E-state index contributed by atoms with van der Waals surface area (Å²) in [7, 11) is 1.63. The van der Waals surface area contributed by atoms with Gasteiger partial charge in [0.05, 0.1) is 12.8 Å². The number of nitrogens with zero attached hydrogens (tertiary/aromatic N) is 1. The maximum atomic E-state index is 12.0. The van der Waals surface area contributed by atoms with Crippen molar-refractivity contribution in [3.05, 3.63) is 24.3 Å². The summed E-state index contributed by atoms with van der Waals surface area (Å²) in [4.78, 5) is 14.0. The molecule has 0 spiro atoms. The Morgan fingerprint density at radius 1 is 1.50 bits per heavy atom. The van der Waals surface area contributed by atoms with E-state index in [1.54, 1.807) is 7.11 Å². The maximum Gasteiger partial charge on any atom is 0.244 e. The van der Waals surface area contributed by atoms with Gasteiger partial charge in [0.2, 0.25) is 5.91 Å². The van der Waals surface area contributed by atoms with Crippen LogP contribution in [0.1, 0.15) is 6.42 Å². The average Bonchev–Trinajstić information content (AvgIpc) is 2.60. The summed E-state index contributed by atoms with van der Waals surface area (Å²) in [5, 5.41) is 2.88. The van der Waals surface area contributed by atoms with Crippen molar-refractivity contribution in [2.45, 2.75) is 12.5 Å². The van der Waals surface area contributed by atoms with Crippen LogP contribution >= 0.6 is 0 Å². The number of nitrogens with two attached hydrogens (primary N) is 1. The topological polar surface area (TPSA) is 67.6 Å². The lowest BCUT2D eigenvalue weighted by molar-refractivity contribution is -0.121. The van der Waals surface area contributed by atoms with Gasteiger partial charge >= 0.3 is 0 Å². The van der Waals surface area contributed by atoms with E-state index in [2.05, 4.69) is 5.32 Å². The Labute approximate surface area is 107 Å². The molecule has 3 N–H and O–H groups in total. The van der Waals surface area contributed by atoms with Crippen LogP contribution in [0.5, 0.6) is 5.75 Å². The Kier molecular flexibility index (Phi) is 4.04. The molecule has 0 saturated carbocycles. The van der Waals surface area contributed by atoms with E-state index < -0.39 is 0 Å². The molecule has 0 bridgehead atoms. The molecule has 1 amide bonds. The molecule has 1 fully saturated rings. The van der Waals surface area contributed by atoms with E-state index in [0.29, 0.717) is 13.1 Å². The van der Waals surface area contributed by atoms with Crippen LogP contribution in [-0.2, 0) is 4.79 Å². The molecule has 98 valence electrons. The molecule has 0 aliphatic carbocycles. The van der Waals surface area contributed by atoms with Crippen LogP contribution in [0.4, 0.5) is 5.69 Å². The van der Waals surface area contributed by atoms with Gasteiger partial charge in [0, 0.05) is 19.6 Å². The number of methoxy groups -OCH3 is 1. The van der Waals surface area contributed by atoms with Crippen LogP contribution < -0.4 is 20.7 Å². The van der Waals surface area contributed by atoms with Crippen LogP contribution in [0.15, 0.2) is 24.3 Å². The summed E-state index contributed by atoms with van der Waals surface area (Å²) in [6.07, 6.45) is 0.903. The predicted octanol–water partition coefficient (Wildman–Crippen LogP) is 0.349. The summed E-state index contributed by atoms with van der Waals surface area (Å²) >= 11 is 0. The van der Waals surface area contributed by atoms with E-state index in [4.69, 9.17) is 10.5 Å². The highest BCUT2D eigenvalue weighted by molar-refractivity contribution is 5.86. The Morgan fingerprint density at radius 2 is 2.28 bits per heavy atom. The van der Waals surface area contributed by atoms with E-state index in [9.17, 15) is 4.79 Å². The number of hydrogen-bond acceptors (Lipinski definition) is 4. The molecule has 5 nitrogen and oxygen atoms in total. The number of rotatable bonds is 3. The molecule has 0 aromatic heterocycles. The molecule has 1 unspecified atom stereocenters. The number of hydrogen-bond donors (Lipinski definition) is 2. The second kappa shape index (κ2) is 5.73. The van der Waals surface area contributed by atoms with Gasteiger partial charge in [-0.05, 0) is 18.6 Å². The number of carbonyl (C=O) groups is 1. The Hall–Kier alpha value is -1.75. The van der Waals surface area contributed by atoms with Crippen molar-refractivity contribution in [2.75, 3.05) is 31.6 Å². The zero-order chi connectivity index (χ0) is 13.0. The monoisotopic (exact) mass is 249 g/mol. The number of benzene rings is 1. The minimum Gasteiger partial charge on any atom is -0.495 e. The Balaban J connectivity index is 2.36. The van der Waals surface area contributed by atoms with Gasteiger partial charge in [-0.1, -0.05) is 12.1 Å². The Morgan fingerprint density at radius 3 is 3.00 bits per heavy atom. The number of carbonyl (C=O) groups excluding carboxylic acids is 1. The fourth-order valence-corrected chi connectivity index (χ4v) is 2.27. The minimum absolute atomic E-state index is 0.0130. The molecule has 1 aromatic carbocycles. The molecule has 1 atom stereocenters. The molecule has 1 saturated heterocycles. The summed E-state index contributed by atoms with van der Waals surface area (Å²) in [5.41, 5.74) is 6.66. The van der Waals surface area contributed by atoms with Crippen molar-refractivity contribution in [3.63, 3.8) is 0 Å². The van der Waals surface area contributed by atoms with Crippen LogP contribution in [0, 0.1) is 0 Å². The average molecular weight is 249 g/mol. The number of amides is 1. The highest BCUT2D eigenvalue weighted by Gasteiger charge is 2.28. The van der Waals surface area contributed by atoms with Gasteiger partial charge in [-0.25, -0.2) is 0 Å². The second-order valence-corrected chi connectivity index (χ2v) is 4.26. The second-order valence-electron chi connectivity index (χ2n) is 4.26. The van der Waals surface area contributed by atoms with Crippen molar-refractivity contribution in [1.82, 2.24) is 5.32 Å². The van der Waals surface area contributed by atoms with E-state index in [-0.39, 0.29) is 11.9 Å². The smallest absolute Gasteiger partial charge is 0.244 e. The molecule has 1 aliphatic heterocycles. The SMILES string of the molecule is COc1ccccc1N1CCCNC(=O)C1CN. The number of anilines is 1. The Bertz CT molecular complexity index is 422. The van der Waals surface area contributed by atoms with Crippen LogP contribution in [-0.4, -0.2) is 38.7 Å². The van der Waals surface area contributed by atoms with E-state index in [1.807, 2.05) is 29.2 Å². The molecule has 18 heavy (non-hydrogen) atoms. The predicted molar refractivity (Wildman–Crippen MR) is 70.8 cm³/mol. The highest BCUT2D eigenvalue weighted by atomic mass is 16.5. The van der Waals surface area contributed by atoms with Gasteiger partial charge < -0.3 is 20.7 Å². The van der Waals surface area contributed by atoms with Crippen LogP contribution in [0.25, 0.3) is 0 Å². The first-order chi connectivity index (χ1) is 8.77. The van der Waals surface area contributed by atoms with Crippen LogP contribution in [0.2, 0.25) is 0 Å². The first-order valence-electron chi connectivity index (χ1n) is 6.15. The standard InChI is InChI=1S/C13H19N3O2/c1-18-12-6-3-2-5-10(12)16-8-4-7-15-13(17)11(16)9-14/h2-3,5-6,11H,4,7-9,14H2,1H3,(H,15,17). The van der Waals surface area contributed by atoms with Gasteiger partial charge in [0.1, 0.15) is 11.8 Å². The van der Waals surface area contributed by atoms with E-state index in [0.717, 1.165) is 24.4 Å². The largest absolute Gasteiger partial charge is 0.495 e. The lowest BCUT2D eigenvalue weighted by Crippen LogP contribution is -2.49. The molecule has 0 radical (unpaired) electrons. The van der Waals surface area contributed by atoms with E-state index >= 15 is 0 Å². The highest BCUT2D eigenvalue weighted by Crippen LogP contribution is 2.29. The maximum absolute atomic E-state index is 12.0. The van der Waals surface area contributed by atoms with Gasteiger partial charge in [-0.3, -0.25) is 4.79 Å². The first-order valence-corrected chi connectivity index (χ1v) is 6.15. The summed E-state index contributed by atoms with van der Waals surface area (Å²) in [6.45, 7) is 1.78. The molecule has 5 heteroatoms. The number of nitrogens with one attached hydrogen (secondary N) is 1. The quantitative estimate of drug-likeness (QED) is 0.811. The third-order valence-corrected chi connectivity index (χ3v) is 3.17. The van der Waals surface area contributed by atoms with Gasteiger partial charge in [-0.2, -0.15) is 0 Å². The van der Waals surface area contributed by atoms with Crippen molar-refractivity contribution >= 4 is 11.6 Å². The van der Waals surface area contributed by atoms with Crippen molar-refractivity contribution in [2.24, 2.45) is 5.73 Å². The summed E-state index contributed by atoms with van der Waals surface area (Å²) in [5.74, 6) is 0.756. The molecule has 1 aromatic rings. The molecule has 1 heterocycles. The molecular formula is C13H19N3O2. The number of ether oxygens (including phenoxy) is 1. The lowest BCUT2D eigenvalue weighted by atomic mass is 10.1. The third kappa shape index (κ3) is 2.41. The lowest BCUT2D eigenvalue weighted by Gasteiger charge is -2.30. The number of para-hydroxylation sites is 2. The van der Waals surface area contributed by atoms with Crippen molar-refractivity contribution < 1.29 is 9.53 Å². The molecular weight excluding hydrogens is 230 g/mol. The van der Waals surface area contributed by atoms with Crippen molar-refractivity contribution in [3.8, 4) is 5.75 Å². The van der Waals surface area contributed by atoms with Gasteiger partial charge in [0.25, 0.3) is 0 Å². The summed E-state index contributed by atoms with van der Waals surface area (Å²) in [6, 6.07) is 7.38. The van der Waals surface area contributed by atoms with E-state index in [1.165, 1.54) is 0 Å². The van der Waals surface area contributed by atoms with Crippen molar-refractivity contribution in [1.29, 1.82) is 0 Å². The van der Waals surface area contributed by atoms with Gasteiger partial charge in [-0.15, -0.1) is 0 Å². The van der Waals surface area contributed by atoms with Crippen LogP contribution in [0.3, 0.4) is 0 Å². The molecule has 2 rings (SSSR count). The zero-order valence-electron chi connectivity index (χ0n) is 10.6. The third-order valence-electron chi connectivity index (χ3n) is 3.17. The fraction of sp³-hybridized carbons (Fsp3) is 0.462. The normalized spacial score (nSPS) is 20.2. The summed E-state index contributed by atoms with van der Waals surface area (Å²) < 4.78 is 5.35. The minimum atomic E-state index is -0.330. The first kappa shape index (κ1) is 12.7.